The molecule has 1 aliphatic heterocycles. The zero-order chi connectivity index (χ0) is 23.6. The van der Waals surface area contributed by atoms with Gasteiger partial charge in [-0.05, 0) is 37.5 Å². The van der Waals surface area contributed by atoms with Crippen molar-refractivity contribution in [1.82, 2.24) is 19.8 Å². The topological polar surface area (TPSA) is 93.5 Å². The van der Waals surface area contributed by atoms with Gasteiger partial charge in [-0.25, -0.2) is 9.78 Å². The lowest BCUT2D eigenvalue weighted by Crippen LogP contribution is -2.64. The molecule has 2 aliphatic rings. The lowest BCUT2D eigenvalue weighted by atomic mass is 9.92. The van der Waals surface area contributed by atoms with Crippen LogP contribution in [-0.2, 0) is 22.6 Å². The number of benzene rings is 1. The molecule has 1 saturated carbocycles. The van der Waals surface area contributed by atoms with E-state index < -0.39 is 17.4 Å². The molecule has 1 aromatic carbocycles. The Morgan fingerprint density at radius 1 is 1.24 bits per heavy atom. The number of fused-ring (bicyclic) bond motifs is 1. The first-order valence-corrected chi connectivity index (χ1v) is 11.7. The highest BCUT2D eigenvalue weighted by Gasteiger charge is 2.49. The molecule has 0 radical (unpaired) electrons. The van der Waals surface area contributed by atoms with Gasteiger partial charge >= 0.3 is 5.97 Å². The molecule has 8 nitrogen and oxygen atoms in total. The van der Waals surface area contributed by atoms with Crippen molar-refractivity contribution in [3.05, 3.63) is 52.6 Å². The van der Waals surface area contributed by atoms with Gasteiger partial charge in [0.2, 0.25) is 5.91 Å². The monoisotopic (exact) mass is 472 g/mol. The Labute approximate surface area is 198 Å². The predicted molar refractivity (Wildman–Crippen MR) is 123 cm³/mol. The number of nitrogens with zero attached hydrogens (tertiary/aromatic N) is 3. The van der Waals surface area contributed by atoms with Gasteiger partial charge in [-0.15, -0.1) is 0 Å². The maximum absolute atomic E-state index is 13.7. The van der Waals surface area contributed by atoms with Crippen molar-refractivity contribution in [2.45, 2.75) is 70.1 Å². The van der Waals surface area contributed by atoms with Crippen molar-refractivity contribution in [2.75, 3.05) is 7.11 Å². The first kappa shape index (κ1) is 23.3. The number of esters is 1. The van der Waals surface area contributed by atoms with Crippen LogP contribution in [0.4, 0.5) is 0 Å². The second-order valence-electron chi connectivity index (χ2n) is 9.02. The fourth-order valence-electron chi connectivity index (χ4n) is 4.76. The van der Waals surface area contributed by atoms with E-state index in [1.807, 2.05) is 6.07 Å². The standard InChI is InChI=1S/C24H29ClN4O4/c1-24(23(32)27-18-10-5-3-4-6-11-18)14-28-15-26-19(22(31)33-2)20(28)21(30)29(24)13-16-8-7-9-17(25)12-16/h7-9,12,15,18H,3-6,10-11,13-14H2,1-2H3,(H,27,32)/t24-/m1/s1. The zero-order valence-electron chi connectivity index (χ0n) is 19.0. The van der Waals surface area contributed by atoms with E-state index in [1.165, 1.54) is 31.2 Å². The summed E-state index contributed by atoms with van der Waals surface area (Å²) in [5.41, 5.74) is -0.308. The number of hydrogen-bond donors (Lipinski definition) is 1. The second kappa shape index (κ2) is 9.55. The van der Waals surface area contributed by atoms with E-state index in [0.29, 0.717) is 5.02 Å². The largest absolute Gasteiger partial charge is 0.464 e. The van der Waals surface area contributed by atoms with Crippen LogP contribution >= 0.6 is 11.6 Å². The van der Waals surface area contributed by atoms with Gasteiger partial charge in [0.1, 0.15) is 11.2 Å². The molecule has 1 aromatic heterocycles. The summed E-state index contributed by atoms with van der Waals surface area (Å²) in [6, 6.07) is 7.28. The molecule has 9 heteroatoms. The van der Waals surface area contributed by atoms with Crippen molar-refractivity contribution in [3.63, 3.8) is 0 Å². The molecule has 2 heterocycles. The number of imidazole rings is 1. The van der Waals surface area contributed by atoms with E-state index in [-0.39, 0.29) is 36.4 Å². The first-order valence-electron chi connectivity index (χ1n) is 11.3. The molecule has 33 heavy (non-hydrogen) atoms. The summed E-state index contributed by atoms with van der Waals surface area (Å²) in [6.45, 7) is 2.11. The number of carbonyl (C=O) groups excluding carboxylic acids is 3. The van der Waals surface area contributed by atoms with Gasteiger partial charge in [0.05, 0.1) is 20.0 Å². The summed E-state index contributed by atoms with van der Waals surface area (Å²) in [7, 11) is 1.25. The molecular weight excluding hydrogens is 444 g/mol. The number of methoxy groups -OCH3 is 1. The van der Waals surface area contributed by atoms with Crippen LogP contribution in [-0.4, -0.2) is 50.9 Å². The summed E-state index contributed by atoms with van der Waals surface area (Å²) in [6.07, 6.45) is 7.82. The molecule has 1 N–H and O–H groups in total. The number of halogens is 1. The lowest BCUT2D eigenvalue weighted by Gasteiger charge is -2.44. The molecule has 2 aromatic rings. The Bertz CT molecular complexity index is 1060. The third-order valence-corrected chi connectivity index (χ3v) is 6.88. The highest BCUT2D eigenvalue weighted by Crippen LogP contribution is 2.32. The third kappa shape index (κ3) is 4.62. The van der Waals surface area contributed by atoms with Crippen LogP contribution in [0.5, 0.6) is 0 Å². The van der Waals surface area contributed by atoms with Gasteiger partial charge in [0, 0.05) is 17.6 Å². The van der Waals surface area contributed by atoms with Gasteiger partial charge in [0.25, 0.3) is 5.91 Å². The molecule has 4 rings (SSSR count). The fourth-order valence-corrected chi connectivity index (χ4v) is 4.98. The number of amides is 2. The number of rotatable bonds is 5. The molecule has 0 bridgehead atoms. The van der Waals surface area contributed by atoms with Crippen molar-refractivity contribution in [1.29, 1.82) is 0 Å². The van der Waals surface area contributed by atoms with Crippen LogP contribution in [0.3, 0.4) is 0 Å². The van der Waals surface area contributed by atoms with Crippen LogP contribution in [0.25, 0.3) is 0 Å². The SMILES string of the molecule is COC(=O)c1ncn2c1C(=O)N(Cc1cccc(Cl)c1)[C@@](C)(C(=O)NC1CCCCCC1)C2. The first-order chi connectivity index (χ1) is 15.8. The van der Waals surface area contributed by atoms with Crippen molar-refractivity contribution in [3.8, 4) is 0 Å². The second-order valence-corrected chi connectivity index (χ2v) is 9.45. The molecule has 1 atom stereocenters. The predicted octanol–water partition coefficient (Wildman–Crippen LogP) is 3.58. The van der Waals surface area contributed by atoms with Crippen molar-refractivity contribution >= 4 is 29.4 Å². The highest BCUT2D eigenvalue weighted by molar-refractivity contribution is 6.30. The van der Waals surface area contributed by atoms with Gasteiger partial charge in [-0.2, -0.15) is 0 Å². The van der Waals surface area contributed by atoms with Crippen molar-refractivity contribution in [2.24, 2.45) is 0 Å². The van der Waals surface area contributed by atoms with E-state index in [4.69, 9.17) is 16.3 Å². The minimum Gasteiger partial charge on any atom is -0.464 e. The minimum absolute atomic E-state index is 0.0511. The maximum atomic E-state index is 13.7. The number of nitrogens with one attached hydrogen (secondary N) is 1. The lowest BCUT2D eigenvalue weighted by molar-refractivity contribution is -0.134. The fraction of sp³-hybridized carbons (Fsp3) is 0.500. The van der Waals surface area contributed by atoms with E-state index in [1.54, 1.807) is 29.7 Å². The zero-order valence-corrected chi connectivity index (χ0v) is 19.7. The van der Waals surface area contributed by atoms with Gasteiger partial charge in [-0.3, -0.25) is 9.59 Å². The summed E-state index contributed by atoms with van der Waals surface area (Å²) >= 11 is 6.17. The number of ether oxygens (including phenoxy) is 1. The van der Waals surface area contributed by atoms with E-state index in [9.17, 15) is 14.4 Å². The number of aromatic nitrogens is 2. The molecular formula is C24H29ClN4O4. The van der Waals surface area contributed by atoms with Gasteiger partial charge < -0.3 is 19.5 Å². The van der Waals surface area contributed by atoms with Crippen LogP contribution < -0.4 is 5.32 Å². The summed E-state index contributed by atoms with van der Waals surface area (Å²) in [4.78, 5) is 45.2. The quantitative estimate of drug-likeness (QED) is 0.530. The molecule has 0 spiro atoms. The summed E-state index contributed by atoms with van der Waals surface area (Å²) < 4.78 is 6.39. The van der Waals surface area contributed by atoms with E-state index in [2.05, 4.69) is 10.3 Å². The summed E-state index contributed by atoms with van der Waals surface area (Å²) in [5.74, 6) is -1.34. The number of hydrogen-bond acceptors (Lipinski definition) is 5. The molecule has 2 amide bonds. The van der Waals surface area contributed by atoms with Gasteiger partial charge in [0.15, 0.2) is 5.69 Å². The van der Waals surface area contributed by atoms with Gasteiger partial charge in [-0.1, -0.05) is 49.4 Å². The Balaban J connectivity index is 1.70. The van der Waals surface area contributed by atoms with Crippen LogP contribution in [0.15, 0.2) is 30.6 Å². The van der Waals surface area contributed by atoms with Crippen LogP contribution in [0, 0.1) is 0 Å². The molecule has 1 aliphatic carbocycles. The van der Waals surface area contributed by atoms with E-state index in [0.717, 1.165) is 31.2 Å². The highest BCUT2D eigenvalue weighted by atomic mass is 35.5. The normalized spacial score (nSPS) is 21.3. The average Bonchev–Trinajstić information content (AvgIpc) is 3.04. The molecule has 0 unspecified atom stereocenters. The Hall–Kier alpha value is -2.87. The van der Waals surface area contributed by atoms with Crippen LogP contribution in [0.2, 0.25) is 5.02 Å². The minimum atomic E-state index is -1.17. The summed E-state index contributed by atoms with van der Waals surface area (Å²) in [5, 5.41) is 3.75. The molecule has 1 fully saturated rings. The van der Waals surface area contributed by atoms with Crippen LogP contribution in [0.1, 0.15) is 72.0 Å². The molecule has 0 saturated heterocycles. The molecule has 176 valence electrons. The average molecular weight is 473 g/mol. The Kier molecular flexibility index (Phi) is 6.74. The van der Waals surface area contributed by atoms with Crippen molar-refractivity contribution < 1.29 is 19.1 Å². The van der Waals surface area contributed by atoms with E-state index >= 15 is 0 Å². The third-order valence-electron chi connectivity index (χ3n) is 6.65. The Morgan fingerprint density at radius 3 is 2.64 bits per heavy atom. The smallest absolute Gasteiger partial charge is 0.359 e. The number of carbonyl (C=O) groups is 3. The maximum Gasteiger partial charge on any atom is 0.359 e. The Morgan fingerprint density at radius 2 is 1.97 bits per heavy atom.